The third-order valence-corrected chi connectivity index (χ3v) is 4.06. The van der Waals surface area contributed by atoms with Gasteiger partial charge in [-0.1, -0.05) is 36.4 Å². The molecule has 2 aromatic carbocycles. The SMILES string of the molecule is COc1cccc(N2CC(NC(=O)Cc3ccccc3)CC2=O)c1. The molecule has 5 heteroatoms. The largest absolute Gasteiger partial charge is 0.497 e. The number of carbonyl (C=O) groups is 2. The maximum atomic E-state index is 12.3. The van der Waals surface area contributed by atoms with Crippen molar-refractivity contribution in [2.24, 2.45) is 0 Å². The predicted molar refractivity (Wildman–Crippen MR) is 92.0 cm³/mol. The second-order valence-electron chi connectivity index (χ2n) is 5.84. The van der Waals surface area contributed by atoms with Crippen molar-refractivity contribution in [3.8, 4) is 5.75 Å². The summed E-state index contributed by atoms with van der Waals surface area (Å²) in [5.41, 5.74) is 1.75. The molecule has 0 bridgehead atoms. The first-order valence-corrected chi connectivity index (χ1v) is 7.93. The summed E-state index contributed by atoms with van der Waals surface area (Å²) in [6.45, 7) is 0.479. The Kier molecular flexibility index (Phi) is 4.79. The molecule has 0 saturated carbocycles. The van der Waals surface area contributed by atoms with Crippen LogP contribution in [0.3, 0.4) is 0 Å². The van der Waals surface area contributed by atoms with Gasteiger partial charge in [-0.05, 0) is 17.7 Å². The van der Waals surface area contributed by atoms with Crippen molar-refractivity contribution in [3.05, 3.63) is 60.2 Å². The fourth-order valence-electron chi connectivity index (χ4n) is 2.89. The Hall–Kier alpha value is -2.82. The monoisotopic (exact) mass is 324 g/mol. The molecule has 1 saturated heterocycles. The average molecular weight is 324 g/mol. The highest BCUT2D eigenvalue weighted by Crippen LogP contribution is 2.25. The normalized spacial score (nSPS) is 17.0. The van der Waals surface area contributed by atoms with Gasteiger partial charge in [0.15, 0.2) is 0 Å². The molecular formula is C19H20N2O3. The lowest BCUT2D eigenvalue weighted by Gasteiger charge is -2.18. The van der Waals surface area contributed by atoms with E-state index in [0.29, 0.717) is 25.1 Å². The smallest absolute Gasteiger partial charge is 0.229 e. The highest BCUT2D eigenvalue weighted by atomic mass is 16.5. The Labute approximate surface area is 141 Å². The van der Waals surface area contributed by atoms with Crippen molar-refractivity contribution < 1.29 is 14.3 Å². The van der Waals surface area contributed by atoms with Gasteiger partial charge in [-0.25, -0.2) is 0 Å². The van der Waals surface area contributed by atoms with Crippen LogP contribution in [0.25, 0.3) is 0 Å². The fraction of sp³-hybridized carbons (Fsp3) is 0.263. The number of nitrogens with zero attached hydrogens (tertiary/aromatic N) is 1. The molecule has 1 atom stereocenters. The molecule has 1 N–H and O–H groups in total. The van der Waals surface area contributed by atoms with Crippen molar-refractivity contribution in [1.82, 2.24) is 5.32 Å². The molecule has 0 spiro atoms. The Morgan fingerprint density at radius 1 is 1.21 bits per heavy atom. The number of amides is 2. The van der Waals surface area contributed by atoms with Crippen molar-refractivity contribution in [3.63, 3.8) is 0 Å². The number of benzene rings is 2. The van der Waals surface area contributed by atoms with Gasteiger partial charge in [-0.15, -0.1) is 0 Å². The van der Waals surface area contributed by atoms with E-state index in [1.807, 2.05) is 54.6 Å². The van der Waals surface area contributed by atoms with E-state index in [0.717, 1.165) is 11.3 Å². The Balaban J connectivity index is 1.61. The van der Waals surface area contributed by atoms with Gasteiger partial charge in [0, 0.05) is 24.7 Å². The number of hydrogen-bond acceptors (Lipinski definition) is 3. The number of rotatable bonds is 5. The van der Waals surface area contributed by atoms with Crippen molar-refractivity contribution in [2.75, 3.05) is 18.6 Å². The van der Waals surface area contributed by atoms with Crippen LogP contribution >= 0.6 is 0 Å². The van der Waals surface area contributed by atoms with Gasteiger partial charge >= 0.3 is 0 Å². The van der Waals surface area contributed by atoms with E-state index in [2.05, 4.69) is 5.32 Å². The quantitative estimate of drug-likeness (QED) is 0.917. The molecule has 1 unspecified atom stereocenters. The molecule has 24 heavy (non-hydrogen) atoms. The highest BCUT2D eigenvalue weighted by molar-refractivity contribution is 5.97. The van der Waals surface area contributed by atoms with Crippen LogP contribution in [-0.2, 0) is 16.0 Å². The summed E-state index contributed by atoms with van der Waals surface area (Å²) in [6, 6.07) is 16.8. The van der Waals surface area contributed by atoms with Gasteiger partial charge in [0.1, 0.15) is 5.75 Å². The van der Waals surface area contributed by atoms with E-state index in [-0.39, 0.29) is 17.9 Å². The van der Waals surface area contributed by atoms with Crippen LogP contribution in [0, 0.1) is 0 Å². The van der Waals surface area contributed by atoms with Crippen LogP contribution in [0.15, 0.2) is 54.6 Å². The van der Waals surface area contributed by atoms with Gasteiger partial charge in [0.2, 0.25) is 11.8 Å². The lowest BCUT2D eigenvalue weighted by molar-refractivity contribution is -0.121. The van der Waals surface area contributed by atoms with Crippen LogP contribution in [-0.4, -0.2) is 31.5 Å². The number of nitrogens with one attached hydrogen (secondary N) is 1. The maximum absolute atomic E-state index is 12.3. The fourth-order valence-corrected chi connectivity index (χ4v) is 2.89. The summed E-state index contributed by atoms with van der Waals surface area (Å²) in [5.74, 6) is 0.650. The van der Waals surface area contributed by atoms with E-state index < -0.39 is 0 Å². The highest BCUT2D eigenvalue weighted by Gasteiger charge is 2.31. The van der Waals surface area contributed by atoms with E-state index in [9.17, 15) is 9.59 Å². The Morgan fingerprint density at radius 2 is 2.00 bits per heavy atom. The van der Waals surface area contributed by atoms with Crippen LogP contribution in [0.4, 0.5) is 5.69 Å². The van der Waals surface area contributed by atoms with Crippen molar-refractivity contribution in [2.45, 2.75) is 18.9 Å². The van der Waals surface area contributed by atoms with Crippen molar-refractivity contribution in [1.29, 1.82) is 0 Å². The van der Waals surface area contributed by atoms with Crippen LogP contribution in [0.2, 0.25) is 0 Å². The zero-order valence-corrected chi connectivity index (χ0v) is 13.6. The topological polar surface area (TPSA) is 58.6 Å². The number of ether oxygens (including phenoxy) is 1. The molecule has 2 aromatic rings. The van der Waals surface area contributed by atoms with E-state index in [1.165, 1.54) is 0 Å². The Bertz CT molecular complexity index is 730. The molecule has 5 nitrogen and oxygen atoms in total. The lowest BCUT2D eigenvalue weighted by atomic mass is 10.1. The molecule has 3 rings (SSSR count). The minimum Gasteiger partial charge on any atom is -0.497 e. The first-order valence-electron chi connectivity index (χ1n) is 7.93. The minimum absolute atomic E-state index is 0.00765. The second kappa shape index (κ2) is 7.17. The molecule has 1 fully saturated rings. The molecule has 1 aliphatic heterocycles. The summed E-state index contributed by atoms with van der Waals surface area (Å²) < 4.78 is 5.20. The Morgan fingerprint density at radius 3 is 2.75 bits per heavy atom. The minimum atomic E-state index is -0.167. The number of hydrogen-bond donors (Lipinski definition) is 1. The average Bonchev–Trinajstić information content (AvgIpc) is 2.96. The van der Waals surface area contributed by atoms with Gasteiger partial charge in [0.25, 0.3) is 0 Å². The van der Waals surface area contributed by atoms with Crippen LogP contribution in [0.5, 0.6) is 5.75 Å². The number of methoxy groups -OCH3 is 1. The van der Waals surface area contributed by atoms with E-state index in [4.69, 9.17) is 4.74 Å². The summed E-state index contributed by atoms with van der Waals surface area (Å²) in [6.07, 6.45) is 0.641. The van der Waals surface area contributed by atoms with Gasteiger partial charge in [-0.3, -0.25) is 9.59 Å². The molecule has 1 heterocycles. The van der Waals surface area contributed by atoms with E-state index >= 15 is 0 Å². The molecular weight excluding hydrogens is 304 g/mol. The second-order valence-corrected chi connectivity index (χ2v) is 5.84. The summed E-state index contributed by atoms with van der Waals surface area (Å²) in [7, 11) is 1.59. The molecule has 2 amide bonds. The summed E-state index contributed by atoms with van der Waals surface area (Å²) in [5, 5.41) is 2.95. The van der Waals surface area contributed by atoms with E-state index in [1.54, 1.807) is 12.0 Å². The standard InChI is InChI=1S/C19H20N2O3/c1-24-17-9-5-8-16(12-17)21-13-15(11-19(21)23)20-18(22)10-14-6-3-2-4-7-14/h2-9,12,15H,10-11,13H2,1H3,(H,20,22). The third-order valence-electron chi connectivity index (χ3n) is 4.06. The van der Waals surface area contributed by atoms with Gasteiger partial charge in [0.05, 0.1) is 19.6 Å². The summed E-state index contributed by atoms with van der Waals surface area (Å²) in [4.78, 5) is 26.1. The molecule has 1 aliphatic rings. The van der Waals surface area contributed by atoms with Gasteiger partial charge < -0.3 is 15.0 Å². The van der Waals surface area contributed by atoms with Crippen LogP contribution in [0.1, 0.15) is 12.0 Å². The zero-order valence-electron chi connectivity index (χ0n) is 13.6. The predicted octanol–water partition coefficient (Wildman–Crippen LogP) is 2.16. The first kappa shape index (κ1) is 16.1. The van der Waals surface area contributed by atoms with Crippen molar-refractivity contribution >= 4 is 17.5 Å². The third kappa shape index (κ3) is 3.74. The van der Waals surface area contributed by atoms with Crippen LogP contribution < -0.4 is 15.0 Å². The molecule has 0 radical (unpaired) electrons. The maximum Gasteiger partial charge on any atom is 0.229 e. The molecule has 0 aliphatic carbocycles. The lowest BCUT2D eigenvalue weighted by Crippen LogP contribution is -2.38. The molecule has 0 aromatic heterocycles. The van der Waals surface area contributed by atoms with Gasteiger partial charge in [-0.2, -0.15) is 0 Å². The number of carbonyl (C=O) groups excluding carboxylic acids is 2. The first-order chi connectivity index (χ1) is 11.7. The molecule has 124 valence electrons. The zero-order chi connectivity index (χ0) is 16.9. The number of anilines is 1. The summed E-state index contributed by atoms with van der Waals surface area (Å²) >= 11 is 0.